The number of aromatic nitrogens is 1. The van der Waals surface area contributed by atoms with Crippen molar-refractivity contribution in [1.82, 2.24) is 14.8 Å². The van der Waals surface area contributed by atoms with Crippen molar-refractivity contribution < 1.29 is 9.59 Å². The summed E-state index contributed by atoms with van der Waals surface area (Å²) in [5, 5.41) is 0.698. The monoisotopic (exact) mass is 530 g/mol. The van der Waals surface area contributed by atoms with E-state index in [9.17, 15) is 9.59 Å². The summed E-state index contributed by atoms with van der Waals surface area (Å²) >= 11 is 6.05. The molecule has 0 aliphatic carbocycles. The number of rotatable bonds is 5. The van der Waals surface area contributed by atoms with Crippen LogP contribution in [0.15, 0.2) is 73.1 Å². The first kappa shape index (κ1) is 26.4. The van der Waals surface area contributed by atoms with Crippen LogP contribution in [0.3, 0.4) is 0 Å². The number of carbonyl (C=O) groups is 2. The highest BCUT2D eigenvalue weighted by Gasteiger charge is 2.36. The van der Waals surface area contributed by atoms with Crippen molar-refractivity contribution in [3.05, 3.63) is 94.8 Å². The van der Waals surface area contributed by atoms with Crippen LogP contribution in [-0.2, 0) is 29.1 Å². The molecule has 0 spiro atoms. The maximum atomic E-state index is 13.7. The lowest BCUT2D eigenvalue weighted by atomic mass is 10.1. The van der Waals surface area contributed by atoms with Crippen LogP contribution in [0, 0.1) is 0 Å². The molecule has 2 atom stereocenters. The predicted octanol–water partition coefficient (Wildman–Crippen LogP) is 5.49. The van der Waals surface area contributed by atoms with Gasteiger partial charge in [-0.05, 0) is 72.7 Å². The van der Waals surface area contributed by atoms with Crippen LogP contribution in [0.5, 0.6) is 0 Å². The highest BCUT2D eigenvalue weighted by atomic mass is 35.5. The van der Waals surface area contributed by atoms with Crippen molar-refractivity contribution in [2.45, 2.75) is 64.2 Å². The zero-order chi connectivity index (χ0) is 26.5. The van der Waals surface area contributed by atoms with E-state index in [-0.39, 0.29) is 17.9 Å². The lowest BCUT2D eigenvalue weighted by Crippen LogP contribution is -2.45. The fraction of sp³-hybridized carbons (Fsp3) is 0.387. The highest BCUT2D eigenvalue weighted by molar-refractivity contribution is 6.30. The van der Waals surface area contributed by atoms with Gasteiger partial charge in [0.25, 0.3) is 0 Å². The Morgan fingerprint density at radius 2 is 1.66 bits per heavy atom. The minimum atomic E-state index is 0.0348. The predicted molar refractivity (Wildman–Crippen MR) is 151 cm³/mol. The summed E-state index contributed by atoms with van der Waals surface area (Å²) in [6, 6.07) is 20.5. The number of anilines is 1. The van der Waals surface area contributed by atoms with Gasteiger partial charge >= 0.3 is 0 Å². The van der Waals surface area contributed by atoms with Crippen LogP contribution in [-0.4, -0.2) is 51.8 Å². The molecular weight excluding hydrogens is 496 g/mol. The van der Waals surface area contributed by atoms with Gasteiger partial charge in [-0.2, -0.15) is 0 Å². The van der Waals surface area contributed by atoms with Gasteiger partial charge in [-0.25, -0.2) is 0 Å². The van der Waals surface area contributed by atoms with E-state index in [1.165, 1.54) is 5.56 Å². The molecular formula is C31H35ClN4O2. The Balaban J connectivity index is 1.44. The van der Waals surface area contributed by atoms with Gasteiger partial charge in [-0.15, -0.1) is 0 Å². The normalized spacial score (nSPS) is 20.1. The fourth-order valence-corrected chi connectivity index (χ4v) is 6.01. The van der Waals surface area contributed by atoms with Gasteiger partial charge in [-0.3, -0.25) is 19.5 Å². The third-order valence-electron chi connectivity index (χ3n) is 7.92. The van der Waals surface area contributed by atoms with Gasteiger partial charge in [0.15, 0.2) is 0 Å². The number of hydrogen-bond acceptors (Lipinski definition) is 4. The minimum absolute atomic E-state index is 0.0348. The van der Waals surface area contributed by atoms with Gasteiger partial charge in [0, 0.05) is 74.7 Å². The van der Waals surface area contributed by atoms with E-state index < -0.39 is 0 Å². The fourth-order valence-electron chi connectivity index (χ4n) is 5.89. The number of pyridine rings is 1. The van der Waals surface area contributed by atoms with Crippen molar-refractivity contribution in [2.75, 3.05) is 18.0 Å². The average molecular weight is 531 g/mol. The molecule has 6 nitrogen and oxygen atoms in total. The molecule has 1 fully saturated rings. The molecule has 7 heteroatoms. The summed E-state index contributed by atoms with van der Waals surface area (Å²) < 4.78 is 0. The minimum Gasteiger partial charge on any atom is -0.337 e. The Kier molecular flexibility index (Phi) is 8.40. The molecule has 38 heavy (non-hydrogen) atoms. The van der Waals surface area contributed by atoms with Gasteiger partial charge in [0.1, 0.15) is 0 Å². The number of halogens is 1. The Morgan fingerprint density at radius 3 is 2.42 bits per heavy atom. The van der Waals surface area contributed by atoms with Crippen LogP contribution in [0.4, 0.5) is 5.69 Å². The van der Waals surface area contributed by atoms with Gasteiger partial charge in [0.2, 0.25) is 11.8 Å². The number of para-hydroxylation sites is 1. The summed E-state index contributed by atoms with van der Waals surface area (Å²) in [5.74, 6) is 0.170. The van der Waals surface area contributed by atoms with Crippen molar-refractivity contribution in [3.63, 3.8) is 0 Å². The molecule has 2 aromatic carbocycles. The molecule has 5 rings (SSSR count). The Labute approximate surface area is 230 Å². The molecule has 2 amide bonds. The molecule has 2 aliphatic heterocycles. The topological polar surface area (TPSA) is 56.8 Å². The molecule has 2 bridgehead atoms. The van der Waals surface area contributed by atoms with E-state index >= 15 is 0 Å². The maximum absolute atomic E-state index is 13.7. The number of carbonyl (C=O) groups excluding carboxylic acids is 2. The number of fused-ring (bicyclic) bond motifs is 3. The zero-order valence-electron chi connectivity index (χ0n) is 21.9. The van der Waals surface area contributed by atoms with E-state index in [1.54, 1.807) is 6.92 Å². The summed E-state index contributed by atoms with van der Waals surface area (Å²) in [7, 11) is 0. The number of hydrogen-bond donors (Lipinski definition) is 0. The Hall–Kier alpha value is -3.22. The Bertz CT molecular complexity index is 1250. The number of amides is 2. The van der Waals surface area contributed by atoms with E-state index in [2.05, 4.69) is 28.1 Å². The van der Waals surface area contributed by atoms with E-state index in [0.717, 1.165) is 42.6 Å². The summed E-state index contributed by atoms with van der Waals surface area (Å²) in [6.07, 6.45) is 7.78. The molecule has 2 unspecified atom stereocenters. The molecule has 1 aromatic heterocycles. The van der Waals surface area contributed by atoms with Gasteiger partial charge in [0.05, 0.1) is 0 Å². The summed E-state index contributed by atoms with van der Waals surface area (Å²) in [5.41, 5.74) is 4.25. The first-order chi connectivity index (χ1) is 18.5. The van der Waals surface area contributed by atoms with Gasteiger partial charge < -0.3 is 9.80 Å². The molecule has 0 radical (unpaired) electrons. The average Bonchev–Trinajstić information content (AvgIpc) is 3.28. The first-order valence-corrected chi connectivity index (χ1v) is 13.9. The molecule has 3 aromatic rings. The van der Waals surface area contributed by atoms with Crippen LogP contribution in [0.1, 0.15) is 49.3 Å². The van der Waals surface area contributed by atoms with Crippen LogP contribution >= 0.6 is 11.6 Å². The SMILES string of the molecule is CC(=O)N1CCC2CCC(CN(C(=O)CCc3ccc(Cl)cc3)Cc3ccccc31)N2Cc1ccncc1. The lowest BCUT2D eigenvalue weighted by Gasteiger charge is -2.34. The number of aryl methyl sites for hydroxylation is 1. The van der Waals surface area contributed by atoms with Crippen LogP contribution < -0.4 is 4.90 Å². The lowest BCUT2D eigenvalue weighted by molar-refractivity contribution is -0.132. The Morgan fingerprint density at radius 1 is 0.921 bits per heavy atom. The molecule has 198 valence electrons. The second-order valence-corrected chi connectivity index (χ2v) is 10.8. The van der Waals surface area contributed by atoms with Crippen molar-refractivity contribution in [2.24, 2.45) is 0 Å². The van der Waals surface area contributed by atoms with E-state index in [0.29, 0.717) is 43.5 Å². The number of nitrogens with zero attached hydrogens (tertiary/aromatic N) is 4. The summed E-state index contributed by atoms with van der Waals surface area (Å²) in [6.45, 7) is 4.29. The third kappa shape index (κ3) is 6.25. The van der Waals surface area contributed by atoms with E-state index in [1.807, 2.05) is 64.7 Å². The third-order valence-corrected chi connectivity index (χ3v) is 8.17. The first-order valence-electron chi connectivity index (χ1n) is 13.5. The van der Waals surface area contributed by atoms with Crippen molar-refractivity contribution >= 4 is 29.1 Å². The smallest absolute Gasteiger partial charge is 0.223 e. The second-order valence-electron chi connectivity index (χ2n) is 10.4. The highest BCUT2D eigenvalue weighted by Crippen LogP contribution is 2.32. The van der Waals surface area contributed by atoms with Gasteiger partial charge in [-0.1, -0.05) is 41.9 Å². The molecule has 0 saturated carbocycles. The molecule has 3 heterocycles. The van der Waals surface area contributed by atoms with Crippen molar-refractivity contribution in [3.8, 4) is 0 Å². The van der Waals surface area contributed by atoms with Crippen LogP contribution in [0.2, 0.25) is 5.02 Å². The van der Waals surface area contributed by atoms with Crippen LogP contribution in [0.25, 0.3) is 0 Å². The van der Waals surface area contributed by atoms with Crippen molar-refractivity contribution in [1.29, 1.82) is 0 Å². The largest absolute Gasteiger partial charge is 0.337 e. The standard InChI is InChI=1S/C31H35ClN4O2/c1-23(37)35-19-16-28-11-12-29(36(28)20-25-14-17-33-18-15-25)22-34(21-26-4-2-3-5-30(26)35)31(38)13-8-24-6-9-27(32)10-7-24/h2-7,9-10,14-15,17-18,28-29H,8,11-13,16,19-22H2,1H3. The molecule has 0 N–H and O–H groups in total. The second kappa shape index (κ2) is 12.1. The zero-order valence-corrected chi connectivity index (χ0v) is 22.7. The quantitative estimate of drug-likeness (QED) is 0.438. The molecule has 1 saturated heterocycles. The maximum Gasteiger partial charge on any atom is 0.223 e. The van der Waals surface area contributed by atoms with E-state index in [4.69, 9.17) is 11.6 Å². The number of benzene rings is 2. The molecule has 2 aliphatic rings. The summed E-state index contributed by atoms with van der Waals surface area (Å²) in [4.78, 5) is 37.2.